The van der Waals surface area contributed by atoms with Crippen molar-refractivity contribution in [2.24, 2.45) is 0 Å². The van der Waals surface area contributed by atoms with Crippen LogP contribution in [0.25, 0.3) is 16.7 Å². The molecule has 20 heavy (non-hydrogen) atoms. The highest BCUT2D eigenvalue weighted by Crippen LogP contribution is 2.29. The van der Waals surface area contributed by atoms with E-state index < -0.39 is 11.6 Å². The van der Waals surface area contributed by atoms with E-state index in [0.29, 0.717) is 21.2 Å². The lowest BCUT2D eigenvalue weighted by Crippen LogP contribution is -2.01. The summed E-state index contributed by atoms with van der Waals surface area (Å²) in [5.41, 5.74) is 7.36. The number of nitrogens with zero attached hydrogens (tertiary/aromatic N) is 2. The molecule has 3 nitrogen and oxygen atoms in total. The van der Waals surface area contributed by atoms with Crippen LogP contribution in [-0.4, -0.2) is 9.55 Å². The molecule has 0 aliphatic rings. The molecular weight excluding hydrogens is 352 g/mol. The maximum absolute atomic E-state index is 13.7. The number of hydrogen-bond acceptors (Lipinski definition) is 2. The first-order valence-electron chi connectivity index (χ1n) is 5.56. The molecule has 0 aliphatic carbocycles. The third-order valence-electron chi connectivity index (χ3n) is 2.88. The van der Waals surface area contributed by atoms with Gasteiger partial charge in [0.1, 0.15) is 11.6 Å². The van der Waals surface area contributed by atoms with Crippen molar-refractivity contribution in [1.29, 1.82) is 0 Å². The fourth-order valence-electron chi connectivity index (χ4n) is 1.99. The number of imidazole rings is 1. The molecule has 0 saturated heterocycles. The summed E-state index contributed by atoms with van der Waals surface area (Å²) in [5, 5.41) is -0.0404. The molecule has 0 aliphatic heterocycles. The van der Waals surface area contributed by atoms with Gasteiger partial charge in [-0.05, 0) is 40.2 Å². The van der Waals surface area contributed by atoms with Gasteiger partial charge in [-0.1, -0.05) is 11.6 Å². The van der Waals surface area contributed by atoms with Crippen LogP contribution in [0.5, 0.6) is 0 Å². The molecule has 0 amide bonds. The van der Waals surface area contributed by atoms with E-state index in [1.165, 1.54) is 34.9 Å². The number of rotatable bonds is 1. The molecular formula is C13H7BrClF2N3. The molecule has 0 unspecified atom stereocenters. The van der Waals surface area contributed by atoms with Crippen molar-refractivity contribution < 1.29 is 8.78 Å². The minimum absolute atomic E-state index is 0.0404. The van der Waals surface area contributed by atoms with Gasteiger partial charge in [0.2, 0.25) is 5.95 Å². The van der Waals surface area contributed by atoms with Crippen LogP contribution in [0.15, 0.2) is 34.8 Å². The number of aromatic nitrogens is 2. The van der Waals surface area contributed by atoms with Crippen LogP contribution in [0.3, 0.4) is 0 Å². The Kier molecular flexibility index (Phi) is 3.14. The Morgan fingerprint density at radius 3 is 2.60 bits per heavy atom. The third kappa shape index (κ3) is 2.05. The van der Waals surface area contributed by atoms with Crippen LogP contribution in [0.4, 0.5) is 14.7 Å². The fourth-order valence-corrected chi connectivity index (χ4v) is 2.49. The number of fused-ring (bicyclic) bond motifs is 1. The van der Waals surface area contributed by atoms with Crippen LogP contribution >= 0.6 is 27.5 Å². The average Bonchev–Trinajstić information content (AvgIpc) is 2.69. The van der Waals surface area contributed by atoms with Gasteiger partial charge in [0, 0.05) is 6.07 Å². The molecule has 0 saturated carbocycles. The van der Waals surface area contributed by atoms with Gasteiger partial charge in [0.25, 0.3) is 0 Å². The monoisotopic (exact) mass is 357 g/mol. The standard InChI is InChI=1S/C13H7BrClF2N3/c14-7-4-11-12(5-10(7)17)20(13(18)19-11)6-1-2-9(16)8(15)3-6/h1-5H,(H2,18,19). The first-order valence-corrected chi connectivity index (χ1v) is 6.73. The van der Waals surface area contributed by atoms with E-state index in [1.54, 1.807) is 0 Å². The van der Waals surface area contributed by atoms with Gasteiger partial charge in [0.05, 0.1) is 26.2 Å². The topological polar surface area (TPSA) is 43.8 Å². The smallest absolute Gasteiger partial charge is 0.205 e. The molecule has 0 spiro atoms. The third-order valence-corrected chi connectivity index (χ3v) is 3.78. The van der Waals surface area contributed by atoms with Gasteiger partial charge in [0.15, 0.2) is 0 Å². The van der Waals surface area contributed by atoms with Crippen LogP contribution in [0.2, 0.25) is 5.02 Å². The summed E-state index contributed by atoms with van der Waals surface area (Å²) in [6.45, 7) is 0. The van der Waals surface area contributed by atoms with E-state index in [2.05, 4.69) is 20.9 Å². The molecule has 2 aromatic carbocycles. The number of benzene rings is 2. The van der Waals surface area contributed by atoms with Crippen molar-refractivity contribution in [2.45, 2.75) is 0 Å². The number of hydrogen-bond donors (Lipinski definition) is 1. The van der Waals surface area contributed by atoms with Crippen LogP contribution in [0, 0.1) is 11.6 Å². The van der Waals surface area contributed by atoms with Gasteiger partial charge in [-0.3, -0.25) is 4.57 Å². The summed E-state index contributed by atoms with van der Waals surface area (Å²) < 4.78 is 28.7. The minimum Gasteiger partial charge on any atom is -0.369 e. The highest BCUT2D eigenvalue weighted by atomic mass is 79.9. The molecule has 3 aromatic rings. The van der Waals surface area contributed by atoms with Gasteiger partial charge in [-0.25, -0.2) is 13.8 Å². The Labute approximate surface area is 126 Å². The van der Waals surface area contributed by atoms with E-state index in [9.17, 15) is 8.78 Å². The second-order valence-electron chi connectivity index (χ2n) is 4.16. The number of halogens is 4. The van der Waals surface area contributed by atoms with E-state index in [0.717, 1.165) is 0 Å². The lowest BCUT2D eigenvalue weighted by Gasteiger charge is -2.07. The van der Waals surface area contributed by atoms with E-state index in [4.69, 9.17) is 17.3 Å². The largest absolute Gasteiger partial charge is 0.369 e. The average molecular weight is 359 g/mol. The second-order valence-corrected chi connectivity index (χ2v) is 5.42. The molecule has 7 heteroatoms. The zero-order valence-corrected chi connectivity index (χ0v) is 12.2. The van der Waals surface area contributed by atoms with Gasteiger partial charge in [-0.15, -0.1) is 0 Å². The molecule has 0 atom stereocenters. The summed E-state index contributed by atoms with van der Waals surface area (Å²) in [4.78, 5) is 4.15. The summed E-state index contributed by atoms with van der Waals surface area (Å²) in [7, 11) is 0. The van der Waals surface area contributed by atoms with Crippen molar-refractivity contribution in [2.75, 3.05) is 5.73 Å². The van der Waals surface area contributed by atoms with E-state index in [1.807, 2.05) is 0 Å². The van der Waals surface area contributed by atoms with Crippen molar-refractivity contribution in [3.63, 3.8) is 0 Å². The van der Waals surface area contributed by atoms with Crippen molar-refractivity contribution in [3.8, 4) is 5.69 Å². The maximum Gasteiger partial charge on any atom is 0.205 e. The molecule has 2 N–H and O–H groups in total. The fraction of sp³-hybridized carbons (Fsp3) is 0. The molecule has 1 aromatic heterocycles. The molecule has 0 radical (unpaired) electrons. The summed E-state index contributed by atoms with van der Waals surface area (Å²) in [5.74, 6) is -0.806. The Morgan fingerprint density at radius 1 is 1.15 bits per heavy atom. The first kappa shape index (κ1) is 13.3. The summed E-state index contributed by atoms with van der Waals surface area (Å²) in [6, 6.07) is 6.97. The zero-order valence-electron chi connectivity index (χ0n) is 9.87. The molecule has 1 heterocycles. The Hall–Kier alpha value is -1.66. The zero-order chi connectivity index (χ0) is 14.4. The number of nitrogens with two attached hydrogens (primary N) is 1. The van der Waals surface area contributed by atoms with Crippen LogP contribution in [-0.2, 0) is 0 Å². The second kappa shape index (κ2) is 4.71. The number of anilines is 1. The van der Waals surface area contributed by atoms with Crippen molar-refractivity contribution in [1.82, 2.24) is 9.55 Å². The van der Waals surface area contributed by atoms with Gasteiger partial charge >= 0.3 is 0 Å². The van der Waals surface area contributed by atoms with Crippen LogP contribution < -0.4 is 5.73 Å². The Morgan fingerprint density at radius 2 is 1.90 bits per heavy atom. The summed E-state index contributed by atoms with van der Waals surface area (Å²) in [6.07, 6.45) is 0. The Bertz CT molecular complexity index is 832. The summed E-state index contributed by atoms with van der Waals surface area (Å²) >= 11 is 8.85. The number of nitrogen functional groups attached to an aromatic ring is 1. The quantitative estimate of drug-likeness (QED) is 0.705. The predicted molar refractivity (Wildman–Crippen MR) is 78.1 cm³/mol. The molecule has 102 valence electrons. The van der Waals surface area contributed by atoms with Crippen LogP contribution in [0.1, 0.15) is 0 Å². The molecule has 0 bridgehead atoms. The van der Waals surface area contributed by atoms with E-state index >= 15 is 0 Å². The lowest BCUT2D eigenvalue weighted by molar-refractivity contribution is 0.622. The molecule has 3 rings (SSSR count). The highest BCUT2D eigenvalue weighted by molar-refractivity contribution is 9.10. The lowest BCUT2D eigenvalue weighted by atomic mass is 10.2. The van der Waals surface area contributed by atoms with Gasteiger partial charge in [-0.2, -0.15) is 0 Å². The first-order chi connectivity index (χ1) is 9.47. The maximum atomic E-state index is 13.7. The van der Waals surface area contributed by atoms with Gasteiger partial charge < -0.3 is 5.73 Å². The SMILES string of the molecule is Nc1nc2cc(Br)c(F)cc2n1-c1ccc(F)c(Cl)c1. The normalized spacial score (nSPS) is 11.2. The molecule has 0 fully saturated rings. The predicted octanol–water partition coefficient (Wildman–Crippen LogP) is 4.30. The van der Waals surface area contributed by atoms with E-state index in [-0.39, 0.29) is 11.0 Å². The van der Waals surface area contributed by atoms with Crippen molar-refractivity contribution >= 4 is 44.5 Å². The minimum atomic E-state index is -0.535. The van der Waals surface area contributed by atoms with Crippen molar-refractivity contribution in [3.05, 3.63) is 51.5 Å². The highest BCUT2D eigenvalue weighted by Gasteiger charge is 2.14. The Balaban J connectivity index is 2.32.